The van der Waals surface area contributed by atoms with E-state index in [1.54, 1.807) is 13.1 Å². The second kappa shape index (κ2) is 4.97. The fourth-order valence-corrected chi connectivity index (χ4v) is 1.56. The lowest BCUT2D eigenvalue weighted by molar-refractivity contribution is -0.117. The number of amides is 3. The minimum atomic E-state index is -0.500. The number of carbonyl (C=O) groups is 2. The molecule has 3 amide bonds. The standard InChI is InChI=1S/C8H9ClN2O2S/c1-11(7-3-2-4-14-7)8(13)10-6(12)5-9/h2-4H,5H2,1H3,(H,10,12,13). The molecule has 0 atom stereocenters. The van der Waals surface area contributed by atoms with Gasteiger partial charge in [-0.1, -0.05) is 0 Å². The predicted molar refractivity (Wildman–Crippen MR) is 57.0 cm³/mol. The highest BCUT2D eigenvalue weighted by atomic mass is 35.5. The van der Waals surface area contributed by atoms with Crippen LogP contribution in [0.15, 0.2) is 17.5 Å². The molecular formula is C8H9ClN2O2S. The molecule has 0 unspecified atom stereocenters. The van der Waals surface area contributed by atoms with Crippen LogP contribution in [0, 0.1) is 0 Å². The van der Waals surface area contributed by atoms with Crippen LogP contribution >= 0.6 is 22.9 Å². The van der Waals surface area contributed by atoms with Gasteiger partial charge in [-0.15, -0.1) is 22.9 Å². The average molecular weight is 233 g/mol. The second-order valence-electron chi connectivity index (χ2n) is 2.50. The Balaban J connectivity index is 2.58. The maximum absolute atomic E-state index is 11.4. The number of carbonyl (C=O) groups excluding carboxylic acids is 2. The van der Waals surface area contributed by atoms with Crippen molar-refractivity contribution in [1.82, 2.24) is 5.32 Å². The van der Waals surface area contributed by atoms with E-state index in [4.69, 9.17) is 11.6 Å². The summed E-state index contributed by atoms with van der Waals surface area (Å²) in [6.07, 6.45) is 0. The number of imide groups is 1. The molecule has 0 aliphatic heterocycles. The number of nitrogens with one attached hydrogen (secondary N) is 1. The molecule has 4 nitrogen and oxygen atoms in total. The van der Waals surface area contributed by atoms with Gasteiger partial charge in [0.05, 0.1) is 5.00 Å². The number of hydrogen-bond donors (Lipinski definition) is 1. The molecule has 0 aliphatic rings. The molecule has 0 spiro atoms. The van der Waals surface area contributed by atoms with Crippen LogP contribution in [-0.2, 0) is 4.79 Å². The molecule has 1 rings (SSSR count). The summed E-state index contributed by atoms with van der Waals surface area (Å²) in [6.45, 7) is 0. The van der Waals surface area contributed by atoms with Crippen molar-refractivity contribution in [3.05, 3.63) is 17.5 Å². The van der Waals surface area contributed by atoms with E-state index in [1.807, 2.05) is 11.4 Å². The van der Waals surface area contributed by atoms with Gasteiger partial charge in [0.1, 0.15) is 5.88 Å². The first-order valence-corrected chi connectivity index (χ1v) is 5.23. The van der Waals surface area contributed by atoms with Crippen LogP contribution in [0.25, 0.3) is 0 Å². The monoisotopic (exact) mass is 232 g/mol. The van der Waals surface area contributed by atoms with E-state index in [-0.39, 0.29) is 5.88 Å². The van der Waals surface area contributed by atoms with E-state index in [2.05, 4.69) is 5.32 Å². The average Bonchev–Trinajstić information content (AvgIpc) is 2.69. The molecule has 0 bridgehead atoms. The summed E-state index contributed by atoms with van der Waals surface area (Å²) in [5.41, 5.74) is 0. The number of alkyl halides is 1. The lowest BCUT2D eigenvalue weighted by atomic mass is 10.5. The maximum atomic E-state index is 11.4. The lowest BCUT2D eigenvalue weighted by Crippen LogP contribution is -2.41. The summed E-state index contributed by atoms with van der Waals surface area (Å²) in [4.78, 5) is 23.5. The van der Waals surface area contributed by atoms with Gasteiger partial charge in [-0.25, -0.2) is 4.79 Å². The molecule has 0 aromatic carbocycles. The fraction of sp³-hybridized carbons (Fsp3) is 0.250. The first kappa shape index (κ1) is 11.0. The normalized spacial score (nSPS) is 9.57. The Morgan fingerprint density at radius 3 is 2.86 bits per heavy atom. The van der Waals surface area contributed by atoms with Gasteiger partial charge in [-0.05, 0) is 17.5 Å². The summed E-state index contributed by atoms with van der Waals surface area (Å²) in [6, 6.07) is 3.14. The van der Waals surface area contributed by atoms with Crippen LogP contribution < -0.4 is 10.2 Å². The summed E-state index contributed by atoms with van der Waals surface area (Å²) in [7, 11) is 1.59. The molecule has 1 aromatic rings. The smallest absolute Gasteiger partial charge is 0.288 e. The third-order valence-electron chi connectivity index (χ3n) is 1.51. The van der Waals surface area contributed by atoms with Crippen LogP contribution in [0.5, 0.6) is 0 Å². The van der Waals surface area contributed by atoms with Crippen molar-refractivity contribution in [1.29, 1.82) is 0 Å². The zero-order valence-corrected chi connectivity index (χ0v) is 9.06. The predicted octanol–water partition coefficient (Wildman–Crippen LogP) is 1.66. The molecule has 0 saturated heterocycles. The van der Waals surface area contributed by atoms with Gasteiger partial charge in [0.25, 0.3) is 0 Å². The van der Waals surface area contributed by atoms with Crippen molar-refractivity contribution in [3.63, 3.8) is 0 Å². The SMILES string of the molecule is CN(C(=O)NC(=O)CCl)c1cccs1. The summed E-state index contributed by atoms with van der Waals surface area (Å²) in [5.74, 6) is -0.718. The third kappa shape index (κ3) is 2.71. The summed E-state index contributed by atoms with van der Waals surface area (Å²) >= 11 is 6.66. The number of hydrogen-bond acceptors (Lipinski definition) is 3. The number of thiophene rings is 1. The van der Waals surface area contributed by atoms with Crippen LogP contribution in [0.2, 0.25) is 0 Å². The Bertz CT molecular complexity index is 326. The maximum Gasteiger partial charge on any atom is 0.328 e. The van der Waals surface area contributed by atoms with Crippen molar-refractivity contribution in [3.8, 4) is 0 Å². The highest BCUT2D eigenvalue weighted by molar-refractivity contribution is 7.14. The van der Waals surface area contributed by atoms with Crippen molar-refractivity contribution in [2.24, 2.45) is 0 Å². The van der Waals surface area contributed by atoms with Gasteiger partial charge in [0, 0.05) is 7.05 Å². The van der Waals surface area contributed by atoms with E-state index >= 15 is 0 Å². The topological polar surface area (TPSA) is 49.4 Å². The van der Waals surface area contributed by atoms with E-state index in [1.165, 1.54) is 16.2 Å². The van der Waals surface area contributed by atoms with Gasteiger partial charge in [-0.3, -0.25) is 15.0 Å². The molecule has 0 saturated carbocycles. The molecular weight excluding hydrogens is 224 g/mol. The van der Waals surface area contributed by atoms with E-state index in [0.717, 1.165) is 5.00 Å². The molecule has 6 heteroatoms. The Morgan fingerprint density at radius 2 is 2.36 bits per heavy atom. The number of anilines is 1. The van der Waals surface area contributed by atoms with Crippen molar-refractivity contribution < 1.29 is 9.59 Å². The highest BCUT2D eigenvalue weighted by Crippen LogP contribution is 2.19. The van der Waals surface area contributed by atoms with Gasteiger partial charge in [0.2, 0.25) is 5.91 Å². The summed E-state index contributed by atoms with van der Waals surface area (Å²) < 4.78 is 0. The van der Waals surface area contributed by atoms with Gasteiger partial charge < -0.3 is 0 Å². The Morgan fingerprint density at radius 1 is 1.64 bits per heavy atom. The Kier molecular flexibility index (Phi) is 3.91. The lowest BCUT2D eigenvalue weighted by Gasteiger charge is -2.14. The third-order valence-corrected chi connectivity index (χ3v) is 2.70. The molecule has 0 aliphatic carbocycles. The van der Waals surface area contributed by atoms with E-state index in [0.29, 0.717) is 0 Å². The Labute approximate surface area is 90.5 Å². The van der Waals surface area contributed by atoms with Gasteiger partial charge >= 0.3 is 6.03 Å². The molecule has 1 N–H and O–H groups in total. The van der Waals surface area contributed by atoms with Crippen molar-refractivity contribution in [2.75, 3.05) is 17.8 Å². The number of nitrogens with zero attached hydrogens (tertiary/aromatic N) is 1. The van der Waals surface area contributed by atoms with E-state index in [9.17, 15) is 9.59 Å². The number of halogens is 1. The van der Waals surface area contributed by atoms with Gasteiger partial charge in [0.15, 0.2) is 0 Å². The molecule has 1 aromatic heterocycles. The van der Waals surface area contributed by atoms with Gasteiger partial charge in [-0.2, -0.15) is 0 Å². The Hall–Kier alpha value is -1.07. The second-order valence-corrected chi connectivity index (χ2v) is 3.69. The number of urea groups is 1. The number of rotatable bonds is 2. The fourth-order valence-electron chi connectivity index (χ4n) is 0.797. The van der Waals surface area contributed by atoms with Crippen LogP contribution in [0.4, 0.5) is 9.80 Å². The van der Waals surface area contributed by atoms with E-state index < -0.39 is 11.9 Å². The minimum Gasteiger partial charge on any atom is -0.288 e. The molecule has 14 heavy (non-hydrogen) atoms. The summed E-state index contributed by atoms with van der Waals surface area (Å²) in [5, 5.41) is 4.76. The van der Waals surface area contributed by atoms with Crippen LogP contribution in [0.3, 0.4) is 0 Å². The molecule has 76 valence electrons. The zero-order chi connectivity index (χ0) is 10.6. The first-order valence-electron chi connectivity index (χ1n) is 3.82. The minimum absolute atomic E-state index is 0.218. The van der Waals surface area contributed by atoms with Crippen molar-refractivity contribution in [2.45, 2.75) is 0 Å². The molecule has 0 radical (unpaired) electrons. The zero-order valence-electron chi connectivity index (χ0n) is 7.49. The van der Waals surface area contributed by atoms with Crippen LogP contribution in [0.1, 0.15) is 0 Å². The largest absolute Gasteiger partial charge is 0.328 e. The quantitative estimate of drug-likeness (QED) is 0.789. The first-order chi connectivity index (χ1) is 6.65. The van der Waals surface area contributed by atoms with Crippen LogP contribution in [-0.4, -0.2) is 24.9 Å². The van der Waals surface area contributed by atoms with Crippen molar-refractivity contribution >= 4 is 39.9 Å². The highest BCUT2D eigenvalue weighted by Gasteiger charge is 2.13. The molecule has 1 heterocycles. The molecule has 0 fully saturated rings.